The van der Waals surface area contributed by atoms with E-state index in [0.29, 0.717) is 43.1 Å². The molecule has 1 aliphatic heterocycles. The molecule has 8 heteroatoms. The molecular formula is C19H21N3O5. The van der Waals surface area contributed by atoms with Crippen LogP contribution in [0, 0.1) is 11.3 Å². The van der Waals surface area contributed by atoms with Crippen molar-refractivity contribution in [3.8, 4) is 0 Å². The molecular weight excluding hydrogens is 350 g/mol. The lowest BCUT2D eigenvalue weighted by molar-refractivity contribution is -0.139. The summed E-state index contributed by atoms with van der Waals surface area (Å²) in [7, 11) is 0. The van der Waals surface area contributed by atoms with Crippen molar-refractivity contribution in [3.63, 3.8) is 0 Å². The minimum atomic E-state index is -0.741. The first-order valence-electron chi connectivity index (χ1n) is 9.14. The third-order valence-electron chi connectivity index (χ3n) is 6.03. The number of piperidine rings is 1. The number of nitrogens with one attached hydrogen (secondary N) is 1. The van der Waals surface area contributed by atoms with Gasteiger partial charge in [0.15, 0.2) is 0 Å². The first-order chi connectivity index (χ1) is 12.9. The largest absolute Gasteiger partial charge is 0.481 e. The van der Waals surface area contributed by atoms with Gasteiger partial charge in [-0.05, 0) is 36.8 Å². The van der Waals surface area contributed by atoms with E-state index < -0.39 is 5.97 Å². The summed E-state index contributed by atoms with van der Waals surface area (Å²) < 4.78 is 1.19. The van der Waals surface area contributed by atoms with Gasteiger partial charge in [0.05, 0.1) is 23.2 Å². The summed E-state index contributed by atoms with van der Waals surface area (Å²) in [5.41, 5.74) is -0.799. The molecule has 0 bridgehead atoms. The van der Waals surface area contributed by atoms with E-state index in [0.717, 1.165) is 0 Å². The third kappa shape index (κ3) is 3.05. The number of likely N-dealkylation sites (tertiary alicyclic amines) is 1. The Balaban J connectivity index is 1.40. The maximum absolute atomic E-state index is 12.5. The number of nitrogens with zero attached hydrogens (tertiary/aromatic N) is 2. The highest BCUT2D eigenvalue weighted by atomic mass is 16.4. The summed E-state index contributed by atoms with van der Waals surface area (Å²) in [5, 5.41) is 12.3. The van der Waals surface area contributed by atoms with Gasteiger partial charge in [-0.15, -0.1) is 0 Å². The van der Waals surface area contributed by atoms with Gasteiger partial charge in [0.2, 0.25) is 5.91 Å². The zero-order chi connectivity index (χ0) is 19.2. The van der Waals surface area contributed by atoms with Crippen LogP contribution in [0.3, 0.4) is 0 Å². The van der Waals surface area contributed by atoms with Gasteiger partial charge in [-0.1, -0.05) is 12.1 Å². The smallest absolute Gasteiger partial charge is 0.307 e. The number of rotatable bonds is 4. The van der Waals surface area contributed by atoms with Crippen molar-refractivity contribution in [1.29, 1.82) is 0 Å². The number of aryl methyl sites for hydroxylation is 1. The van der Waals surface area contributed by atoms with Crippen molar-refractivity contribution in [2.45, 2.75) is 32.2 Å². The van der Waals surface area contributed by atoms with Gasteiger partial charge in [-0.2, -0.15) is 0 Å². The van der Waals surface area contributed by atoms with E-state index in [1.54, 1.807) is 29.2 Å². The second-order valence-corrected chi connectivity index (χ2v) is 7.53. The van der Waals surface area contributed by atoms with E-state index in [1.165, 1.54) is 4.68 Å². The summed E-state index contributed by atoms with van der Waals surface area (Å²) >= 11 is 0. The summed E-state index contributed by atoms with van der Waals surface area (Å²) in [6.07, 6.45) is 2.24. The highest BCUT2D eigenvalue weighted by Crippen LogP contribution is 2.59. The quantitative estimate of drug-likeness (QED) is 0.825. The number of aliphatic carboxylic acids is 1. The van der Waals surface area contributed by atoms with E-state index in [9.17, 15) is 19.2 Å². The van der Waals surface area contributed by atoms with E-state index in [-0.39, 0.29) is 41.3 Å². The van der Waals surface area contributed by atoms with Crippen LogP contribution in [0.2, 0.25) is 0 Å². The van der Waals surface area contributed by atoms with Crippen LogP contribution in [-0.2, 0) is 16.1 Å². The lowest BCUT2D eigenvalue weighted by Crippen LogP contribution is -2.41. The van der Waals surface area contributed by atoms with Crippen molar-refractivity contribution in [3.05, 3.63) is 45.0 Å². The third-order valence-corrected chi connectivity index (χ3v) is 6.03. The minimum Gasteiger partial charge on any atom is -0.481 e. The number of carbonyl (C=O) groups excluding carboxylic acids is 1. The number of carbonyl (C=O) groups is 2. The van der Waals surface area contributed by atoms with E-state index in [2.05, 4.69) is 5.10 Å². The zero-order valence-electron chi connectivity index (χ0n) is 14.8. The topological polar surface area (TPSA) is 112 Å². The molecule has 2 N–H and O–H groups in total. The average Bonchev–Trinajstić information content (AvgIpc) is 3.37. The molecule has 2 aliphatic rings. The molecule has 1 aromatic heterocycles. The molecule has 1 aromatic carbocycles. The Morgan fingerprint density at radius 3 is 2.44 bits per heavy atom. The Labute approximate surface area is 154 Å². The zero-order valence-corrected chi connectivity index (χ0v) is 14.8. The van der Waals surface area contributed by atoms with E-state index in [1.807, 2.05) is 0 Å². The Kier molecular flexibility index (Phi) is 4.13. The summed E-state index contributed by atoms with van der Waals surface area (Å²) in [6.45, 7) is 1.20. The second-order valence-electron chi connectivity index (χ2n) is 7.53. The Morgan fingerprint density at radius 2 is 1.81 bits per heavy atom. The van der Waals surface area contributed by atoms with E-state index in [4.69, 9.17) is 5.11 Å². The molecule has 2 fully saturated rings. The number of hydrogen-bond acceptors (Lipinski definition) is 4. The fourth-order valence-electron chi connectivity index (χ4n) is 4.22. The molecule has 1 unspecified atom stereocenters. The van der Waals surface area contributed by atoms with Gasteiger partial charge in [0, 0.05) is 19.5 Å². The van der Waals surface area contributed by atoms with Crippen LogP contribution in [0.1, 0.15) is 25.7 Å². The molecule has 1 aliphatic carbocycles. The van der Waals surface area contributed by atoms with E-state index >= 15 is 0 Å². The van der Waals surface area contributed by atoms with Crippen molar-refractivity contribution >= 4 is 22.6 Å². The summed E-state index contributed by atoms with van der Waals surface area (Å²) in [4.78, 5) is 49.9. The number of aromatic amines is 1. The maximum atomic E-state index is 12.5. The molecule has 0 radical (unpaired) electrons. The minimum absolute atomic E-state index is 0.0849. The molecule has 1 spiro atoms. The van der Waals surface area contributed by atoms with Crippen molar-refractivity contribution < 1.29 is 14.7 Å². The molecule has 1 atom stereocenters. The van der Waals surface area contributed by atoms with Crippen molar-refractivity contribution in [2.24, 2.45) is 11.3 Å². The molecule has 27 heavy (non-hydrogen) atoms. The van der Waals surface area contributed by atoms with Crippen molar-refractivity contribution in [2.75, 3.05) is 13.1 Å². The first kappa shape index (κ1) is 17.5. The summed E-state index contributed by atoms with van der Waals surface area (Å²) in [6, 6.07) is 6.59. The monoisotopic (exact) mass is 371 g/mol. The Hall–Kier alpha value is -2.90. The number of H-pyrrole nitrogens is 1. The van der Waals surface area contributed by atoms with Gasteiger partial charge in [0.25, 0.3) is 11.1 Å². The van der Waals surface area contributed by atoms with Gasteiger partial charge in [-0.25, -0.2) is 4.68 Å². The molecule has 142 valence electrons. The average molecular weight is 371 g/mol. The lowest BCUT2D eigenvalue weighted by Gasteiger charge is -2.32. The number of carboxylic acid groups (broad SMARTS) is 1. The molecule has 1 saturated carbocycles. The van der Waals surface area contributed by atoms with Gasteiger partial charge >= 0.3 is 5.97 Å². The number of fused-ring (bicyclic) bond motifs is 1. The molecule has 8 nitrogen and oxygen atoms in total. The first-order valence-corrected chi connectivity index (χ1v) is 9.14. The van der Waals surface area contributed by atoms with Crippen LogP contribution in [-0.4, -0.2) is 44.8 Å². The SMILES string of the molecule is O=C(O)C1CC12CCN(C(=O)CCn1[nH]c(=O)c3ccccc3c1=O)CC2. The fourth-order valence-corrected chi connectivity index (χ4v) is 4.22. The number of amides is 1. The molecule has 1 saturated heterocycles. The van der Waals surface area contributed by atoms with Gasteiger partial charge in [0.1, 0.15) is 0 Å². The van der Waals surface area contributed by atoms with Crippen LogP contribution in [0.5, 0.6) is 0 Å². The lowest BCUT2D eigenvalue weighted by atomic mass is 9.90. The second kappa shape index (κ2) is 6.37. The van der Waals surface area contributed by atoms with Gasteiger partial charge in [-0.3, -0.25) is 24.3 Å². The van der Waals surface area contributed by atoms with Crippen LogP contribution >= 0.6 is 0 Å². The maximum Gasteiger partial charge on any atom is 0.307 e. The number of carboxylic acids is 1. The van der Waals surface area contributed by atoms with Crippen molar-refractivity contribution in [1.82, 2.24) is 14.7 Å². The Morgan fingerprint density at radius 1 is 1.15 bits per heavy atom. The number of benzene rings is 1. The number of hydrogen-bond donors (Lipinski definition) is 2. The molecule has 2 heterocycles. The molecule has 4 rings (SSSR count). The fraction of sp³-hybridized carbons (Fsp3) is 0.474. The predicted octanol–water partition coefficient (Wildman–Crippen LogP) is 0.793. The van der Waals surface area contributed by atoms with Crippen LogP contribution in [0.4, 0.5) is 0 Å². The predicted molar refractivity (Wildman–Crippen MR) is 97.4 cm³/mol. The molecule has 1 amide bonds. The standard InChI is InChI=1S/C19H21N3O5/c23-15(21-9-6-19(7-10-21)11-14(19)18(26)27)5-8-22-17(25)13-4-2-1-3-12(13)16(24)20-22/h1-4,14H,5-11H2,(H,20,24)(H,26,27). The highest BCUT2D eigenvalue weighted by Gasteiger charge is 2.59. The van der Waals surface area contributed by atoms with Crippen LogP contribution in [0.25, 0.3) is 10.8 Å². The van der Waals surface area contributed by atoms with Crippen LogP contribution < -0.4 is 11.1 Å². The number of aromatic nitrogens is 2. The Bertz CT molecular complexity index is 1030. The van der Waals surface area contributed by atoms with Crippen LogP contribution in [0.15, 0.2) is 33.9 Å². The highest BCUT2D eigenvalue weighted by molar-refractivity contribution is 5.80. The summed E-state index contributed by atoms with van der Waals surface area (Å²) in [5.74, 6) is -1.09. The normalized spacial score (nSPS) is 20.7. The van der Waals surface area contributed by atoms with Gasteiger partial charge < -0.3 is 10.0 Å². The molecule has 2 aromatic rings.